The molecule has 110 valence electrons. The molecule has 5 heteroatoms. The lowest BCUT2D eigenvalue weighted by Gasteiger charge is -2.40. The summed E-state index contributed by atoms with van der Waals surface area (Å²) in [5, 5.41) is 6.40. The van der Waals surface area contributed by atoms with Gasteiger partial charge in [-0.3, -0.25) is 9.69 Å². The Hall–Kier alpha value is -0.650. The van der Waals surface area contributed by atoms with Crippen LogP contribution in [-0.4, -0.2) is 62.3 Å². The third-order valence-electron chi connectivity index (χ3n) is 4.22. The van der Waals surface area contributed by atoms with E-state index in [0.717, 1.165) is 45.8 Å². The molecule has 0 aromatic heterocycles. The molecule has 0 aromatic carbocycles. The number of morpholine rings is 1. The molecule has 2 rings (SSSR count). The molecule has 2 fully saturated rings. The summed E-state index contributed by atoms with van der Waals surface area (Å²) in [4.78, 5) is 14.3. The van der Waals surface area contributed by atoms with Crippen molar-refractivity contribution in [3.8, 4) is 0 Å². The lowest BCUT2D eigenvalue weighted by atomic mass is 10.0. The fourth-order valence-electron chi connectivity index (χ4n) is 2.82. The van der Waals surface area contributed by atoms with E-state index in [4.69, 9.17) is 4.74 Å². The van der Waals surface area contributed by atoms with Crippen LogP contribution in [0.5, 0.6) is 0 Å². The van der Waals surface area contributed by atoms with E-state index in [1.54, 1.807) is 0 Å². The van der Waals surface area contributed by atoms with Crippen molar-refractivity contribution in [2.45, 2.75) is 32.2 Å². The third-order valence-corrected chi connectivity index (χ3v) is 4.22. The average Bonchev–Trinajstić information content (AvgIpc) is 2.90. The molecule has 0 bridgehead atoms. The number of ether oxygens (including phenoxy) is 1. The van der Waals surface area contributed by atoms with Gasteiger partial charge >= 0.3 is 0 Å². The van der Waals surface area contributed by atoms with Crippen LogP contribution in [-0.2, 0) is 9.53 Å². The summed E-state index contributed by atoms with van der Waals surface area (Å²) in [5.74, 6) is 0.710. The van der Waals surface area contributed by atoms with Crippen LogP contribution in [0.15, 0.2) is 0 Å². The molecule has 5 nitrogen and oxygen atoms in total. The summed E-state index contributed by atoms with van der Waals surface area (Å²) in [6, 6.07) is 0. The number of amides is 1. The van der Waals surface area contributed by atoms with E-state index < -0.39 is 0 Å². The van der Waals surface area contributed by atoms with E-state index in [-0.39, 0.29) is 11.4 Å². The molecular weight excluding hydrogens is 242 g/mol. The summed E-state index contributed by atoms with van der Waals surface area (Å²) in [7, 11) is 0. The van der Waals surface area contributed by atoms with Crippen molar-refractivity contribution >= 4 is 5.91 Å². The van der Waals surface area contributed by atoms with Crippen LogP contribution >= 0.6 is 0 Å². The minimum absolute atomic E-state index is 0.00731. The van der Waals surface area contributed by atoms with Gasteiger partial charge in [-0.1, -0.05) is 0 Å². The molecule has 1 amide bonds. The standard InChI is InChI=1S/C14H27N3O2/c1-14(2,17-5-7-19-8-6-17)11-16-13(18)9-12-3-4-15-10-12/h12,15H,3-11H2,1-2H3,(H,16,18). The minimum Gasteiger partial charge on any atom is -0.379 e. The molecule has 0 spiro atoms. The predicted octanol–water partition coefficient (Wildman–Crippen LogP) is 0.213. The van der Waals surface area contributed by atoms with Crippen molar-refractivity contribution in [1.82, 2.24) is 15.5 Å². The van der Waals surface area contributed by atoms with E-state index >= 15 is 0 Å². The highest BCUT2D eigenvalue weighted by atomic mass is 16.5. The van der Waals surface area contributed by atoms with Crippen molar-refractivity contribution < 1.29 is 9.53 Å². The minimum atomic E-state index is 0.00731. The van der Waals surface area contributed by atoms with Crippen molar-refractivity contribution in [3.63, 3.8) is 0 Å². The third kappa shape index (κ3) is 4.44. The van der Waals surface area contributed by atoms with E-state index in [1.165, 1.54) is 0 Å². The first-order chi connectivity index (χ1) is 9.08. The lowest BCUT2D eigenvalue weighted by Crippen LogP contribution is -2.55. The van der Waals surface area contributed by atoms with Crippen LogP contribution in [0.4, 0.5) is 0 Å². The van der Waals surface area contributed by atoms with Crippen LogP contribution in [0, 0.1) is 5.92 Å². The van der Waals surface area contributed by atoms with E-state index in [1.807, 2.05) is 0 Å². The summed E-state index contributed by atoms with van der Waals surface area (Å²) in [6.07, 6.45) is 1.78. The molecule has 2 aliphatic heterocycles. The largest absolute Gasteiger partial charge is 0.379 e. The number of hydrogen-bond donors (Lipinski definition) is 2. The zero-order chi connectivity index (χ0) is 13.7. The fraction of sp³-hybridized carbons (Fsp3) is 0.929. The first-order valence-electron chi connectivity index (χ1n) is 7.38. The number of hydrogen-bond acceptors (Lipinski definition) is 4. The second-order valence-electron chi connectivity index (χ2n) is 6.25. The molecule has 0 radical (unpaired) electrons. The van der Waals surface area contributed by atoms with E-state index in [9.17, 15) is 4.79 Å². The number of carbonyl (C=O) groups is 1. The van der Waals surface area contributed by atoms with Gasteiger partial charge in [0.1, 0.15) is 0 Å². The SMILES string of the molecule is CC(C)(CNC(=O)CC1CCNC1)N1CCOCC1. The lowest BCUT2D eigenvalue weighted by molar-refractivity contribution is -0.122. The monoisotopic (exact) mass is 269 g/mol. The van der Waals surface area contributed by atoms with Crippen LogP contribution in [0.25, 0.3) is 0 Å². The fourth-order valence-corrected chi connectivity index (χ4v) is 2.82. The molecule has 2 N–H and O–H groups in total. The number of nitrogens with zero attached hydrogens (tertiary/aromatic N) is 1. The molecule has 0 saturated carbocycles. The number of carbonyl (C=O) groups excluding carboxylic acids is 1. The van der Waals surface area contributed by atoms with Crippen LogP contribution in [0.3, 0.4) is 0 Å². The number of rotatable bonds is 5. The van der Waals surface area contributed by atoms with Crippen molar-refractivity contribution in [3.05, 3.63) is 0 Å². The van der Waals surface area contributed by atoms with Gasteiger partial charge in [0.05, 0.1) is 13.2 Å². The Morgan fingerprint density at radius 2 is 2.16 bits per heavy atom. The molecular formula is C14H27N3O2. The van der Waals surface area contributed by atoms with Crippen molar-refractivity contribution in [2.75, 3.05) is 45.9 Å². The molecule has 0 aromatic rings. The highest BCUT2D eigenvalue weighted by Gasteiger charge is 2.29. The van der Waals surface area contributed by atoms with E-state index in [0.29, 0.717) is 18.9 Å². The maximum atomic E-state index is 11.9. The maximum absolute atomic E-state index is 11.9. The van der Waals surface area contributed by atoms with Gasteiger partial charge < -0.3 is 15.4 Å². The maximum Gasteiger partial charge on any atom is 0.220 e. The highest BCUT2D eigenvalue weighted by molar-refractivity contribution is 5.76. The van der Waals surface area contributed by atoms with Gasteiger partial charge in [-0.05, 0) is 39.3 Å². The summed E-state index contributed by atoms with van der Waals surface area (Å²) < 4.78 is 5.37. The molecule has 2 heterocycles. The Labute approximate surface area is 116 Å². The van der Waals surface area contributed by atoms with Crippen LogP contribution < -0.4 is 10.6 Å². The first-order valence-corrected chi connectivity index (χ1v) is 7.38. The van der Waals surface area contributed by atoms with Gasteiger partial charge in [0.25, 0.3) is 0 Å². The molecule has 1 atom stereocenters. The Bertz CT molecular complexity index is 295. The quantitative estimate of drug-likeness (QED) is 0.749. The highest BCUT2D eigenvalue weighted by Crippen LogP contribution is 2.16. The van der Waals surface area contributed by atoms with Gasteiger partial charge in [0.15, 0.2) is 0 Å². The molecule has 2 aliphatic rings. The molecule has 1 unspecified atom stereocenters. The Balaban J connectivity index is 1.71. The Kier molecular flexibility index (Phi) is 5.19. The van der Waals surface area contributed by atoms with Gasteiger partial charge in [0.2, 0.25) is 5.91 Å². The zero-order valence-corrected chi connectivity index (χ0v) is 12.2. The summed E-state index contributed by atoms with van der Waals surface area (Å²) in [5.41, 5.74) is 0.00731. The second kappa shape index (κ2) is 6.68. The molecule has 0 aliphatic carbocycles. The van der Waals surface area contributed by atoms with Crippen molar-refractivity contribution in [2.24, 2.45) is 5.92 Å². The van der Waals surface area contributed by atoms with Crippen molar-refractivity contribution in [1.29, 1.82) is 0 Å². The van der Waals surface area contributed by atoms with Crippen LogP contribution in [0.2, 0.25) is 0 Å². The smallest absolute Gasteiger partial charge is 0.220 e. The molecule has 19 heavy (non-hydrogen) atoms. The van der Waals surface area contributed by atoms with Gasteiger partial charge in [-0.25, -0.2) is 0 Å². The second-order valence-corrected chi connectivity index (χ2v) is 6.25. The zero-order valence-electron chi connectivity index (χ0n) is 12.2. The van der Waals surface area contributed by atoms with Gasteiger partial charge in [0, 0.05) is 31.6 Å². The Morgan fingerprint density at radius 1 is 1.42 bits per heavy atom. The molecule has 2 saturated heterocycles. The first kappa shape index (κ1) is 14.8. The summed E-state index contributed by atoms with van der Waals surface area (Å²) in [6.45, 7) is 10.6. The summed E-state index contributed by atoms with van der Waals surface area (Å²) >= 11 is 0. The number of nitrogens with one attached hydrogen (secondary N) is 2. The van der Waals surface area contributed by atoms with Gasteiger partial charge in [-0.15, -0.1) is 0 Å². The average molecular weight is 269 g/mol. The van der Waals surface area contributed by atoms with Crippen LogP contribution in [0.1, 0.15) is 26.7 Å². The predicted molar refractivity (Wildman–Crippen MR) is 75.1 cm³/mol. The van der Waals surface area contributed by atoms with E-state index in [2.05, 4.69) is 29.4 Å². The van der Waals surface area contributed by atoms with Gasteiger partial charge in [-0.2, -0.15) is 0 Å². The Morgan fingerprint density at radius 3 is 2.79 bits per heavy atom. The normalized spacial score (nSPS) is 25.5. The topological polar surface area (TPSA) is 53.6 Å².